The Labute approximate surface area is 172 Å². The van der Waals surface area contributed by atoms with Crippen molar-refractivity contribution in [3.8, 4) is 0 Å². The van der Waals surface area contributed by atoms with Crippen molar-refractivity contribution in [2.24, 2.45) is 0 Å². The second-order valence-electron chi connectivity index (χ2n) is 7.90. The summed E-state index contributed by atoms with van der Waals surface area (Å²) in [5.41, 5.74) is 2.52. The zero-order valence-electron chi connectivity index (χ0n) is 18.2. The second-order valence-corrected chi connectivity index (χ2v) is 7.90. The van der Waals surface area contributed by atoms with Gasteiger partial charge < -0.3 is 0 Å². The number of aromatic nitrogens is 2. The molecule has 2 aromatic heterocycles. The summed E-state index contributed by atoms with van der Waals surface area (Å²) in [4.78, 5) is 0. The summed E-state index contributed by atoms with van der Waals surface area (Å²) >= 11 is 0. The van der Waals surface area contributed by atoms with Gasteiger partial charge in [0, 0.05) is 37.1 Å². The summed E-state index contributed by atoms with van der Waals surface area (Å²) in [7, 11) is 0. The van der Waals surface area contributed by atoms with Crippen LogP contribution in [0.2, 0.25) is 0 Å². The largest absolute Gasteiger partial charge is 0.205 e. The van der Waals surface area contributed by atoms with Crippen LogP contribution in [0.25, 0.3) is 12.2 Å². The molecule has 0 radical (unpaired) electrons. The van der Waals surface area contributed by atoms with Gasteiger partial charge in [0.2, 0.25) is 0 Å². The Morgan fingerprint density at radius 3 is 1.25 bits per heavy atom. The van der Waals surface area contributed by atoms with E-state index in [4.69, 9.17) is 0 Å². The SMILES string of the molecule is CCCCCCC[n+]1ccc(/C=C/c2cc[n+](CCCCCCC)cc2)cc1. The molecule has 2 heterocycles. The van der Waals surface area contributed by atoms with Gasteiger partial charge in [-0.3, -0.25) is 0 Å². The second kappa shape index (κ2) is 14.1. The third kappa shape index (κ3) is 9.30. The minimum Gasteiger partial charge on any atom is -0.205 e. The summed E-state index contributed by atoms with van der Waals surface area (Å²) in [6.07, 6.45) is 26.6. The number of pyridine rings is 2. The normalized spacial score (nSPS) is 11.4. The number of nitrogens with zero attached hydrogens (tertiary/aromatic N) is 2. The first-order valence-corrected chi connectivity index (χ1v) is 11.5. The van der Waals surface area contributed by atoms with Gasteiger partial charge in [-0.05, 0) is 24.0 Å². The standard InChI is InChI=1S/C26H40N2/c1-3-5-7-9-11-19-27-21-15-25(16-22-27)13-14-26-17-23-28(24-18-26)20-12-10-8-6-4-2/h13-18,21-24H,3-12,19-20H2,1-2H3/q+2/b14-13+. The number of aryl methyl sites for hydroxylation is 2. The number of hydrogen-bond donors (Lipinski definition) is 0. The summed E-state index contributed by atoms with van der Waals surface area (Å²) in [6.45, 7) is 6.79. The van der Waals surface area contributed by atoms with Crippen LogP contribution < -0.4 is 9.13 Å². The van der Waals surface area contributed by atoms with Gasteiger partial charge in [-0.15, -0.1) is 0 Å². The van der Waals surface area contributed by atoms with E-state index in [9.17, 15) is 0 Å². The smallest absolute Gasteiger partial charge is 0.169 e. The Bertz CT molecular complexity index is 596. The molecule has 0 atom stereocenters. The van der Waals surface area contributed by atoms with Gasteiger partial charge in [-0.25, -0.2) is 9.13 Å². The zero-order valence-corrected chi connectivity index (χ0v) is 18.2. The molecule has 0 unspecified atom stereocenters. The van der Waals surface area contributed by atoms with Gasteiger partial charge in [0.05, 0.1) is 0 Å². The van der Waals surface area contributed by atoms with E-state index in [0.717, 1.165) is 13.1 Å². The maximum atomic E-state index is 2.30. The van der Waals surface area contributed by atoms with Crippen LogP contribution in [0.4, 0.5) is 0 Å². The van der Waals surface area contributed by atoms with Gasteiger partial charge >= 0.3 is 0 Å². The van der Waals surface area contributed by atoms with Crippen molar-refractivity contribution < 1.29 is 9.13 Å². The topological polar surface area (TPSA) is 7.76 Å². The molecule has 0 spiro atoms. The van der Waals surface area contributed by atoms with E-state index < -0.39 is 0 Å². The number of rotatable bonds is 14. The number of unbranched alkanes of at least 4 members (excludes halogenated alkanes) is 8. The van der Waals surface area contributed by atoms with Crippen LogP contribution in [0.5, 0.6) is 0 Å². The molecule has 0 amide bonds. The zero-order chi connectivity index (χ0) is 19.9. The van der Waals surface area contributed by atoms with Crippen molar-refractivity contribution in [1.29, 1.82) is 0 Å². The molecular formula is C26H40N2+2. The van der Waals surface area contributed by atoms with Crippen LogP contribution in [-0.4, -0.2) is 0 Å². The Balaban J connectivity index is 1.73. The third-order valence-electron chi connectivity index (χ3n) is 5.34. The molecule has 2 nitrogen and oxygen atoms in total. The third-order valence-corrected chi connectivity index (χ3v) is 5.34. The highest BCUT2D eigenvalue weighted by Crippen LogP contribution is 2.07. The van der Waals surface area contributed by atoms with Crippen molar-refractivity contribution in [3.05, 3.63) is 60.2 Å². The Morgan fingerprint density at radius 1 is 0.536 bits per heavy atom. The first kappa shape index (κ1) is 22.3. The molecule has 0 aliphatic rings. The minimum absolute atomic E-state index is 1.13. The van der Waals surface area contributed by atoms with E-state index in [1.165, 1.54) is 75.3 Å². The van der Waals surface area contributed by atoms with Crippen molar-refractivity contribution in [2.45, 2.75) is 91.1 Å². The highest BCUT2D eigenvalue weighted by molar-refractivity contribution is 5.68. The highest BCUT2D eigenvalue weighted by atomic mass is 14.9. The van der Waals surface area contributed by atoms with Gasteiger partial charge in [0.15, 0.2) is 24.8 Å². The van der Waals surface area contributed by atoms with Crippen molar-refractivity contribution in [3.63, 3.8) is 0 Å². The van der Waals surface area contributed by atoms with E-state index >= 15 is 0 Å². The lowest BCUT2D eigenvalue weighted by Gasteiger charge is -1.99. The first-order chi connectivity index (χ1) is 13.8. The fraction of sp³-hybridized carbons (Fsp3) is 0.538. The van der Waals surface area contributed by atoms with E-state index in [1.54, 1.807) is 0 Å². The maximum absolute atomic E-state index is 2.30. The lowest BCUT2D eigenvalue weighted by molar-refractivity contribution is -0.697. The summed E-state index contributed by atoms with van der Waals surface area (Å²) in [5.74, 6) is 0. The Morgan fingerprint density at radius 2 is 0.893 bits per heavy atom. The molecule has 0 N–H and O–H groups in total. The highest BCUT2D eigenvalue weighted by Gasteiger charge is 2.01. The molecular weight excluding hydrogens is 340 g/mol. The molecule has 0 fully saturated rings. The van der Waals surface area contributed by atoms with Crippen LogP contribution in [0.3, 0.4) is 0 Å². The predicted octanol–water partition coefficient (Wildman–Crippen LogP) is 6.37. The number of hydrogen-bond acceptors (Lipinski definition) is 0. The average Bonchev–Trinajstić information content (AvgIpc) is 2.74. The molecule has 2 heteroatoms. The Hall–Kier alpha value is -1.96. The van der Waals surface area contributed by atoms with Crippen molar-refractivity contribution >= 4 is 12.2 Å². The van der Waals surface area contributed by atoms with Crippen LogP contribution in [-0.2, 0) is 13.1 Å². The van der Waals surface area contributed by atoms with E-state index in [1.807, 2.05) is 0 Å². The molecule has 2 rings (SSSR count). The molecule has 0 saturated carbocycles. The van der Waals surface area contributed by atoms with Crippen LogP contribution in [0.15, 0.2) is 49.1 Å². The fourth-order valence-electron chi connectivity index (χ4n) is 3.45. The minimum atomic E-state index is 1.13. The van der Waals surface area contributed by atoms with Gasteiger partial charge in [0.25, 0.3) is 0 Å². The van der Waals surface area contributed by atoms with Gasteiger partial charge in [0.1, 0.15) is 13.1 Å². The van der Waals surface area contributed by atoms with Crippen LogP contribution >= 0.6 is 0 Å². The first-order valence-electron chi connectivity index (χ1n) is 11.5. The van der Waals surface area contributed by atoms with E-state index in [2.05, 4.69) is 84.2 Å². The predicted molar refractivity (Wildman–Crippen MR) is 120 cm³/mol. The summed E-state index contributed by atoms with van der Waals surface area (Å²) in [6, 6.07) is 8.84. The van der Waals surface area contributed by atoms with Crippen molar-refractivity contribution in [2.75, 3.05) is 0 Å². The fourth-order valence-corrected chi connectivity index (χ4v) is 3.45. The molecule has 0 bridgehead atoms. The Kier molecular flexibility index (Phi) is 11.2. The molecule has 0 aromatic carbocycles. The quantitative estimate of drug-likeness (QED) is 0.266. The van der Waals surface area contributed by atoms with Gasteiger partial charge in [-0.2, -0.15) is 0 Å². The van der Waals surface area contributed by atoms with E-state index in [0.29, 0.717) is 0 Å². The lowest BCUT2D eigenvalue weighted by atomic mass is 10.1. The van der Waals surface area contributed by atoms with Gasteiger partial charge in [-0.1, -0.05) is 64.5 Å². The molecule has 0 saturated heterocycles. The van der Waals surface area contributed by atoms with Crippen LogP contribution in [0, 0.1) is 0 Å². The molecule has 28 heavy (non-hydrogen) atoms. The molecule has 0 aliphatic carbocycles. The maximum Gasteiger partial charge on any atom is 0.169 e. The molecule has 2 aromatic rings. The monoisotopic (exact) mass is 380 g/mol. The average molecular weight is 381 g/mol. The molecule has 0 aliphatic heterocycles. The van der Waals surface area contributed by atoms with Crippen molar-refractivity contribution in [1.82, 2.24) is 0 Å². The summed E-state index contributed by atoms with van der Waals surface area (Å²) < 4.78 is 4.60. The van der Waals surface area contributed by atoms with Crippen LogP contribution in [0.1, 0.15) is 89.2 Å². The molecule has 152 valence electrons. The lowest BCUT2D eigenvalue weighted by Crippen LogP contribution is -2.32. The van der Waals surface area contributed by atoms with E-state index in [-0.39, 0.29) is 0 Å². The summed E-state index contributed by atoms with van der Waals surface area (Å²) in [5, 5.41) is 0.